The van der Waals surface area contributed by atoms with E-state index in [9.17, 15) is 5.11 Å². The molecule has 88 valence electrons. The van der Waals surface area contributed by atoms with Crippen molar-refractivity contribution in [1.82, 2.24) is 4.98 Å². The SMILES string of the molecule is CCC(O)c1ccc(Sc2ccccc2)nc1. The Hall–Kier alpha value is -1.32. The van der Waals surface area contributed by atoms with Gasteiger partial charge < -0.3 is 5.11 Å². The Morgan fingerprint density at radius 1 is 1.18 bits per heavy atom. The summed E-state index contributed by atoms with van der Waals surface area (Å²) in [4.78, 5) is 5.52. The molecule has 0 saturated heterocycles. The van der Waals surface area contributed by atoms with Crippen LogP contribution in [-0.2, 0) is 0 Å². The predicted molar refractivity (Wildman–Crippen MR) is 70.1 cm³/mol. The van der Waals surface area contributed by atoms with Crippen LogP contribution in [0.2, 0.25) is 0 Å². The van der Waals surface area contributed by atoms with Crippen molar-refractivity contribution in [1.29, 1.82) is 0 Å². The number of benzene rings is 1. The minimum atomic E-state index is -0.404. The van der Waals surface area contributed by atoms with Crippen molar-refractivity contribution in [3.05, 3.63) is 54.2 Å². The van der Waals surface area contributed by atoms with Gasteiger partial charge in [-0.15, -0.1) is 0 Å². The fraction of sp³-hybridized carbons (Fsp3) is 0.214. The number of rotatable bonds is 4. The molecule has 0 radical (unpaired) electrons. The summed E-state index contributed by atoms with van der Waals surface area (Å²) in [6, 6.07) is 14.0. The van der Waals surface area contributed by atoms with E-state index < -0.39 is 6.10 Å². The Morgan fingerprint density at radius 2 is 1.94 bits per heavy atom. The lowest BCUT2D eigenvalue weighted by molar-refractivity contribution is 0.173. The van der Waals surface area contributed by atoms with E-state index in [1.165, 1.54) is 4.90 Å². The number of aromatic nitrogens is 1. The summed E-state index contributed by atoms with van der Waals surface area (Å²) in [7, 11) is 0. The number of aliphatic hydroxyl groups is 1. The van der Waals surface area contributed by atoms with Gasteiger partial charge in [0.05, 0.1) is 6.10 Å². The van der Waals surface area contributed by atoms with Gasteiger partial charge in [-0.3, -0.25) is 0 Å². The fourth-order valence-electron chi connectivity index (χ4n) is 1.49. The standard InChI is InChI=1S/C14H15NOS/c1-2-13(16)11-8-9-14(15-10-11)17-12-6-4-3-5-7-12/h3-10,13,16H,2H2,1H3. The van der Waals surface area contributed by atoms with Crippen LogP contribution in [0.3, 0.4) is 0 Å². The lowest BCUT2D eigenvalue weighted by Crippen LogP contribution is -1.95. The molecule has 0 amide bonds. The Labute approximate surface area is 106 Å². The van der Waals surface area contributed by atoms with E-state index in [2.05, 4.69) is 17.1 Å². The summed E-state index contributed by atoms with van der Waals surface area (Å²) >= 11 is 1.62. The van der Waals surface area contributed by atoms with E-state index in [1.54, 1.807) is 18.0 Å². The molecular weight excluding hydrogens is 230 g/mol. The Bertz CT molecular complexity index is 455. The largest absolute Gasteiger partial charge is 0.388 e. The zero-order chi connectivity index (χ0) is 12.1. The van der Waals surface area contributed by atoms with Crippen LogP contribution in [0.25, 0.3) is 0 Å². The molecule has 17 heavy (non-hydrogen) atoms. The molecule has 0 aliphatic carbocycles. The van der Waals surface area contributed by atoms with Gasteiger partial charge in [0.1, 0.15) is 5.03 Å². The highest BCUT2D eigenvalue weighted by Gasteiger charge is 2.05. The van der Waals surface area contributed by atoms with Crippen molar-refractivity contribution in [3.63, 3.8) is 0 Å². The molecule has 2 aromatic rings. The maximum absolute atomic E-state index is 9.66. The average molecular weight is 245 g/mol. The van der Waals surface area contributed by atoms with Crippen LogP contribution < -0.4 is 0 Å². The van der Waals surface area contributed by atoms with Crippen molar-refractivity contribution < 1.29 is 5.11 Å². The van der Waals surface area contributed by atoms with E-state index in [1.807, 2.05) is 37.3 Å². The molecule has 3 heteroatoms. The maximum Gasteiger partial charge on any atom is 0.101 e. The van der Waals surface area contributed by atoms with E-state index in [0.29, 0.717) is 6.42 Å². The molecule has 0 fully saturated rings. The molecular formula is C14H15NOS. The highest BCUT2D eigenvalue weighted by Crippen LogP contribution is 2.26. The molecule has 0 spiro atoms. The molecule has 1 N–H and O–H groups in total. The molecule has 2 rings (SSSR count). The number of nitrogens with zero attached hydrogens (tertiary/aromatic N) is 1. The third kappa shape index (κ3) is 3.32. The van der Waals surface area contributed by atoms with Crippen molar-refractivity contribution in [2.75, 3.05) is 0 Å². The van der Waals surface area contributed by atoms with Crippen molar-refractivity contribution in [2.24, 2.45) is 0 Å². The molecule has 1 heterocycles. The maximum atomic E-state index is 9.66. The predicted octanol–water partition coefficient (Wildman–Crippen LogP) is 3.68. The van der Waals surface area contributed by atoms with Crippen LogP contribution in [0.5, 0.6) is 0 Å². The highest BCUT2D eigenvalue weighted by molar-refractivity contribution is 7.99. The minimum Gasteiger partial charge on any atom is -0.388 e. The van der Waals surface area contributed by atoms with Crippen molar-refractivity contribution in [2.45, 2.75) is 29.4 Å². The molecule has 0 bridgehead atoms. The number of hydrogen-bond donors (Lipinski definition) is 1. The lowest BCUT2D eigenvalue weighted by Gasteiger charge is -2.07. The van der Waals surface area contributed by atoms with Gasteiger partial charge in [-0.2, -0.15) is 0 Å². The van der Waals surface area contributed by atoms with E-state index in [4.69, 9.17) is 0 Å². The van der Waals surface area contributed by atoms with Crippen molar-refractivity contribution in [3.8, 4) is 0 Å². The van der Waals surface area contributed by atoms with Crippen LogP contribution in [0, 0.1) is 0 Å². The van der Waals surface area contributed by atoms with Gasteiger partial charge in [0.15, 0.2) is 0 Å². The van der Waals surface area contributed by atoms with Crippen LogP contribution in [0.1, 0.15) is 25.0 Å². The second-order valence-corrected chi connectivity index (χ2v) is 4.86. The topological polar surface area (TPSA) is 33.1 Å². The third-order valence-electron chi connectivity index (χ3n) is 2.50. The van der Waals surface area contributed by atoms with E-state index in [-0.39, 0.29) is 0 Å². The van der Waals surface area contributed by atoms with Gasteiger partial charge >= 0.3 is 0 Å². The monoisotopic (exact) mass is 245 g/mol. The van der Waals surface area contributed by atoms with Gasteiger partial charge in [-0.1, -0.05) is 43.0 Å². The first-order valence-electron chi connectivity index (χ1n) is 5.66. The second kappa shape index (κ2) is 5.84. The molecule has 1 atom stereocenters. The molecule has 0 aliphatic rings. The second-order valence-electron chi connectivity index (χ2n) is 3.77. The highest BCUT2D eigenvalue weighted by atomic mass is 32.2. The van der Waals surface area contributed by atoms with E-state index in [0.717, 1.165) is 10.6 Å². The molecule has 1 aromatic carbocycles. The van der Waals surface area contributed by atoms with Gasteiger partial charge in [-0.05, 0) is 30.2 Å². The minimum absolute atomic E-state index is 0.404. The normalized spacial score (nSPS) is 12.4. The fourth-order valence-corrected chi connectivity index (χ4v) is 2.27. The first-order chi connectivity index (χ1) is 8.29. The lowest BCUT2D eigenvalue weighted by atomic mass is 10.1. The summed E-state index contributed by atoms with van der Waals surface area (Å²) in [6.07, 6.45) is 2.06. The van der Waals surface area contributed by atoms with Crippen LogP contribution in [0.15, 0.2) is 58.6 Å². The summed E-state index contributed by atoms with van der Waals surface area (Å²) in [6.45, 7) is 1.96. The van der Waals surface area contributed by atoms with Crippen LogP contribution >= 0.6 is 11.8 Å². The van der Waals surface area contributed by atoms with Gasteiger partial charge in [-0.25, -0.2) is 4.98 Å². The van der Waals surface area contributed by atoms with Gasteiger partial charge in [0, 0.05) is 11.1 Å². The van der Waals surface area contributed by atoms with Crippen molar-refractivity contribution >= 4 is 11.8 Å². The Morgan fingerprint density at radius 3 is 2.53 bits per heavy atom. The summed E-state index contributed by atoms with van der Waals surface area (Å²) in [5, 5.41) is 10.6. The molecule has 0 aliphatic heterocycles. The number of aliphatic hydroxyl groups excluding tert-OH is 1. The van der Waals surface area contributed by atoms with Crippen LogP contribution in [-0.4, -0.2) is 10.1 Å². The van der Waals surface area contributed by atoms with Gasteiger partial charge in [0.25, 0.3) is 0 Å². The summed E-state index contributed by atoms with van der Waals surface area (Å²) in [5.41, 5.74) is 0.880. The van der Waals surface area contributed by atoms with Crippen LogP contribution in [0.4, 0.5) is 0 Å². The quantitative estimate of drug-likeness (QED) is 0.892. The summed E-state index contributed by atoms with van der Waals surface area (Å²) < 4.78 is 0. The Balaban J connectivity index is 2.08. The zero-order valence-corrected chi connectivity index (χ0v) is 10.5. The molecule has 1 unspecified atom stereocenters. The number of pyridine rings is 1. The average Bonchev–Trinajstić information content (AvgIpc) is 2.40. The number of hydrogen-bond acceptors (Lipinski definition) is 3. The molecule has 2 nitrogen and oxygen atoms in total. The summed E-state index contributed by atoms with van der Waals surface area (Å²) in [5.74, 6) is 0. The van der Waals surface area contributed by atoms with E-state index >= 15 is 0 Å². The smallest absolute Gasteiger partial charge is 0.101 e. The van der Waals surface area contributed by atoms with Gasteiger partial charge in [0.2, 0.25) is 0 Å². The third-order valence-corrected chi connectivity index (χ3v) is 3.45. The molecule has 0 saturated carbocycles. The first kappa shape index (κ1) is 12.1. The zero-order valence-electron chi connectivity index (χ0n) is 9.71. The Kier molecular flexibility index (Phi) is 4.18. The molecule has 1 aromatic heterocycles. The first-order valence-corrected chi connectivity index (χ1v) is 6.48.